The third kappa shape index (κ3) is 2.76. The number of aromatic nitrogens is 2. The SMILES string of the molecule is Oc1ccc2c(c1)C(NCCc1ncno1)CCC2. The summed E-state index contributed by atoms with van der Waals surface area (Å²) in [6.45, 7) is 0.794. The van der Waals surface area contributed by atoms with Gasteiger partial charge in [0.25, 0.3) is 0 Å². The molecule has 3 rings (SSSR count). The Hall–Kier alpha value is -1.88. The van der Waals surface area contributed by atoms with Crippen LogP contribution in [-0.4, -0.2) is 21.8 Å². The summed E-state index contributed by atoms with van der Waals surface area (Å²) in [6.07, 6.45) is 5.52. The average Bonchev–Trinajstić information content (AvgIpc) is 2.92. The zero-order valence-corrected chi connectivity index (χ0v) is 10.7. The van der Waals surface area contributed by atoms with Crippen molar-refractivity contribution in [3.8, 4) is 5.75 Å². The van der Waals surface area contributed by atoms with Gasteiger partial charge in [-0.3, -0.25) is 0 Å². The van der Waals surface area contributed by atoms with Crippen molar-refractivity contribution in [2.75, 3.05) is 6.54 Å². The van der Waals surface area contributed by atoms with E-state index in [1.54, 1.807) is 6.07 Å². The Morgan fingerprint density at radius 2 is 2.37 bits per heavy atom. The highest BCUT2D eigenvalue weighted by atomic mass is 16.5. The molecule has 5 nitrogen and oxygen atoms in total. The fraction of sp³-hybridized carbons (Fsp3) is 0.429. The quantitative estimate of drug-likeness (QED) is 0.878. The summed E-state index contributed by atoms with van der Waals surface area (Å²) in [7, 11) is 0. The van der Waals surface area contributed by atoms with E-state index in [1.165, 1.54) is 23.9 Å². The number of phenolic OH excluding ortho intramolecular Hbond substituents is 1. The predicted octanol–water partition coefficient (Wildman–Crippen LogP) is 1.98. The molecule has 2 aromatic rings. The summed E-state index contributed by atoms with van der Waals surface area (Å²) in [5, 5.41) is 16.7. The van der Waals surface area contributed by atoms with Crippen LogP contribution in [0.1, 0.15) is 35.9 Å². The Labute approximate surface area is 111 Å². The molecule has 1 aliphatic carbocycles. The van der Waals surface area contributed by atoms with Gasteiger partial charge in [-0.2, -0.15) is 4.98 Å². The Bertz CT molecular complexity index is 540. The second-order valence-electron chi connectivity index (χ2n) is 4.87. The number of aryl methyl sites for hydroxylation is 1. The molecule has 1 atom stereocenters. The minimum Gasteiger partial charge on any atom is -0.508 e. The van der Waals surface area contributed by atoms with Crippen molar-refractivity contribution in [1.29, 1.82) is 0 Å². The first-order chi connectivity index (χ1) is 9.33. The monoisotopic (exact) mass is 259 g/mol. The molecule has 2 N–H and O–H groups in total. The second-order valence-corrected chi connectivity index (χ2v) is 4.87. The van der Waals surface area contributed by atoms with E-state index in [2.05, 4.69) is 15.5 Å². The Kier molecular flexibility index (Phi) is 3.46. The van der Waals surface area contributed by atoms with Gasteiger partial charge in [0, 0.05) is 19.0 Å². The van der Waals surface area contributed by atoms with Crippen LogP contribution in [0.25, 0.3) is 0 Å². The van der Waals surface area contributed by atoms with Gasteiger partial charge < -0.3 is 14.9 Å². The maximum absolute atomic E-state index is 9.62. The topological polar surface area (TPSA) is 71.2 Å². The molecule has 0 radical (unpaired) electrons. The summed E-state index contributed by atoms with van der Waals surface area (Å²) in [5.41, 5.74) is 2.55. The van der Waals surface area contributed by atoms with E-state index in [1.807, 2.05) is 12.1 Å². The third-order valence-corrected chi connectivity index (χ3v) is 3.58. The smallest absolute Gasteiger partial charge is 0.227 e. The molecule has 0 saturated heterocycles. The van der Waals surface area contributed by atoms with Crippen LogP contribution in [-0.2, 0) is 12.8 Å². The van der Waals surface area contributed by atoms with Crippen LogP contribution in [0.5, 0.6) is 5.75 Å². The van der Waals surface area contributed by atoms with Crippen molar-refractivity contribution in [3.63, 3.8) is 0 Å². The highest BCUT2D eigenvalue weighted by molar-refractivity contribution is 5.38. The maximum Gasteiger partial charge on any atom is 0.227 e. The van der Waals surface area contributed by atoms with E-state index in [4.69, 9.17) is 4.52 Å². The average molecular weight is 259 g/mol. The number of nitrogens with one attached hydrogen (secondary N) is 1. The Morgan fingerprint density at radius 3 is 3.21 bits per heavy atom. The van der Waals surface area contributed by atoms with Crippen LogP contribution in [0.2, 0.25) is 0 Å². The number of benzene rings is 1. The van der Waals surface area contributed by atoms with Crippen molar-refractivity contribution in [3.05, 3.63) is 41.5 Å². The minimum absolute atomic E-state index is 0.304. The largest absolute Gasteiger partial charge is 0.508 e. The fourth-order valence-corrected chi connectivity index (χ4v) is 2.66. The van der Waals surface area contributed by atoms with Gasteiger partial charge in [0.2, 0.25) is 5.89 Å². The number of rotatable bonds is 4. The molecule has 1 aromatic heterocycles. The van der Waals surface area contributed by atoms with Crippen LogP contribution in [0.4, 0.5) is 0 Å². The molecule has 1 aliphatic rings. The lowest BCUT2D eigenvalue weighted by atomic mass is 9.87. The fourth-order valence-electron chi connectivity index (χ4n) is 2.66. The van der Waals surface area contributed by atoms with Gasteiger partial charge in [-0.15, -0.1) is 0 Å². The zero-order valence-electron chi connectivity index (χ0n) is 10.7. The molecule has 1 heterocycles. The predicted molar refractivity (Wildman–Crippen MR) is 69.8 cm³/mol. The van der Waals surface area contributed by atoms with Crippen LogP contribution in [0.3, 0.4) is 0 Å². The van der Waals surface area contributed by atoms with E-state index in [0.717, 1.165) is 25.8 Å². The van der Waals surface area contributed by atoms with E-state index in [9.17, 15) is 5.11 Å². The van der Waals surface area contributed by atoms with E-state index >= 15 is 0 Å². The summed E-state index contributed by atoms with van der Waals surface area (Å²) in [4.78, 5) is 4.00. The van der Waals surface area contributed by atoms with Crippen LogP contribution < -0.4 is 5.32 Å². The molecule has 0 amide bonds. The Balaban J connectivity index is 1.64. The molecule has 100 valence electrons. The molecule has 19 heavy (non-hydrogen) atoms. The summed E-state index contributed by atoms with van der Waals surface area (Å²) >= 11 is 0. The van der Waals surface area contributed by atoms with E-state index in [-0.39, 0.29) is 0 Å². The van der Waals surface area contributed by atoms with Crippen molar-refractivity contribution in [1.82, 2.24) is 15.5 Å². The number of hydrogen-bond acceptors (Lipinski definition) is 5. The molecule has 1 unspecified atom stereocenters. The molecule has 0 aliphatic heterocycles. The van der Waals surface area contributed by atoms with Gasteiger partial charge in [-0.25, -0.2) is 0 Å². The highest BCUT2D eigenvalue weighted by Crippen LogP contribution is 2.31. The minimum atomic E-state index is 0.304. The molecular formula is C14H17N3O2. The second kappa shape index (κ2) is 5.40. The highest BCUT2D eigenvalue weighted by Gasteiger charge is 2.20. The molecule has 5 heteroatoms. The molecule has 0 bridgehead atoms. The van der Waals surface area contributed by atoms with Gasteiger partial charge in [-0.05, 0) is 42.5 Å². The van der Waals surface area contributed by atoms with Crippen molar-refractivity contribution < 1.29 is 9.63 Å². The number of nitrogens with zero attached hydrogens (tertiary/aromatic N) is 2. The summed E-state index contributed by atoms with van der Waals surface area (Å²) in [5.74, 6) is 0.990. The molecule has 0 saturated carbocycles. The third-order valence-electron chi connectivity index (χ3n) is 3.58. The number of aromatic hydroxyl groups is 1. The lowest BCUT2D eigenvalue weighted by Crippen LogP contribution is -2.27. The van der Waals surface area contributed by atoms with E-state index < -0.39 is 0 Å². The lowest BCUT2D eigenvalue weighted by molar-refractivity contribution is 0.368. The number of phenols is 1. The van der Waals surface area contributed by atoms with Gasteiger partial charge in [-0.1, -0.05) is 11.2 Å². The first-order valence-corrected chi connectivity index (χ1v) is 6.63. The lowest BCUT2D eigenvalue weighted by Gasteiger charge is -2.26. The van der Waals surface area contributed by atoms with Crippen molar-refractivity contribution in [2.24, 2.45) is 0 Å². The van der Waals surface area contributed by atoms with Gasteiger partial charge in [0.05, 0.1) is 0 Å². The summed E-state index contributed by atoms with van der Waals surface area (Å²) in [6, 6.07) is 5.97. The van der Waals surface area contributed by atoms with Crippen LogP contribution in [0.15, 0.2) is 29.0 Å². The van der Waals surface area contributed by atoms with Crippen LogP contribution >= 0.6 is 0 Å². The number of hydrogen-bond donors (Lipinski definition) is 2. The van der Waals surface area contributed by atoms with E-state index in [0.29, 0.717) is 17.7 Å². The molecule has 1 aromatic carbocycles. The molecule has 0 fully saturated rings. The first kappa shape index (κ1) is 12.2. The first-order valence-electron chi connectivity index (χ1n) is 6.63. The van der Waals surface area contributed by atoms with Crippen molar-refractivity contribution in [2.45, 2.75) is 31.7 Å². The maximum atomic E-state index is 9.62. The van der Waals surface area contributed by atoms with Gasteiger partial charge >= 0.3 is 0 Å². The molecular weight excluding hydrogens is 242 g/mol. The zero-order chi connectivity index (χ0) is 13.1. The van der Waals surface area contributed by atoms with Gasteiger partial charge in [0.15, 0.2) is 6.33 Å². The Morgan fingerprint density at radius 1 is 1.42 bits per heavy atom. The standard InChI is InChI=1S/C14H17N3O2/c18-11-5-4-10-2-1-3-13(12(10)8-11)15-7-6-14-16-9-17-19-14/h4-5,8-9,13,15,18H,1-3,6-7H2. The van der Waals surface area contributed by atoms with Crippen LogP contribution in [0, 0.1) is 0 Å². The normalized spacial score (nSPS) is 18.2. The van der Waals surface area contributed by atoms with Crippen molar-refractivity contribution >= 4 is 0 Å². The molecule has 0 spiro atoms. The summed E-state index contributed by atoms with van der Waals surface area (Å²) < 4.78 is 4.97. The van der Waals surface area contributed by atoms with Gasteiger partial charge in [0.1, 0.15) is 5.75 Å². The number of fused-ring (bicyclic) bond motifs is 1.